The first-order valence-corrected chi connectivity index (χ1v) is 7.57. The summed E-state index contributed by atoms with van der Waals surface area (Å²) in [4.78, 5) is 21.4. The fourth-order valence-electron chi connectivity index (χ4n) is 1.85. The number of carboxylic acids is 2. The highest BCUT2D eigenvalue weighted by atomic mass is 28.3. The van der Waals surface area contributed by atoms with Gasteiger partial charge in [0.15, 0.2) is 0 Å². The maximum Gasteiger partial charge on any atom is 0.331 e. The monoisotopic (exact) mass is 244 g/mol. The molecule has 0 aliphatic rings. The molecule has 2 N–H and O–H groups in total. The molecule has 0 atom stereocenters. The van der Waals surface area contributed by atoms with E-state index in [0.29, 0.717) is 17.1 Å². The first kappa shape index (κ1) is 14.9. The SMILES string of the molecule is CC(C)[SiH](C/C(=C\C(=O)O)C(=O)O)C(C)C. The minimum atomic E-state index is -1.27. The average molecular weight is 244 g/mol. The molecular weight excluding hydrogens is 224 g/mol. The lowest BCUT2D eigenvalue weighted by Gasteiger charge is -2.23. The van der Waals surface area contributed by atoms with Gasteiger partial charge in [0.2, 0.25) is 0 Å². The van der Waals surface area contributed by atoms with Crippen LogP contribution in [0.15, 0.2) is 11.6 Å². The normalized spacial score (nSPS) is 12.6. The topological polar surface area (TPSA) is 74.6 Å². The van der Waals surface area contributed by atoms with Gasteiger partial charge in [0.25, 0.3) is 0 Å². The molecule has 0 amide bonds. The van der Waals surface area contributed by atoms with Gasteiger partial charge >= 0.3 is 11.9 Å². The largest absolute Gasteiger partial charge is 0.478 e. The molecule has 0 aliphatic heterocycles. The van der Waals surface area contributed by atoms with E-state index in [1.165, 1.54) is 0 Å². The van der Waals surface area contributed by atoms with Crippen molar-refractivity contribution in [3.63, 3.8) is 0 Å². The molecule has 0 aromatic rings. The van der Waals surface area contributed by atoms with E-state index in [4.69, 9.17) is 10.2 Å². The Labute approximate surface area is 97.6 Å². The van der Waals surface area contributed by atoms with E-state index in [2.05, 4.69) is 27.7 Å². The summed E-state index contributed by atoms with van der Waals surface area (Å²) in [6, 6.07) is 0.441. The number of aliphatic carboxylic acids is 2. The fourth-order valence-corrected chi connectivity index (χ4v) is 5.13. The summed E-state index contributed by atoms with van der Waals surface area (Å²) >= 11 is 0. The summed E-state index contributed by atoms with van der Waals surface area (Å²) < 4.78 is 0. The van der Waals surface area contributed by atoms with Crippen LogP contribution in [0.4, 0.5) is 0 Å². The molecule has 16 heavy (non-hydrogen) atoms. The Kier molecular flexibility index (Phi) is 6.03. The Bertz CT molecular complexity index is 286. The van der Waals surface area contributed by atoms with E-state index in [1.807, 2.05) is 0 Å². The fraction of sp³-hybridized carbons (Fsp3) is 0.636. The number of carboxylic acid groups (broad SMARTS) is 2. The Hall–Kier alpha value is -1.10. The summed E-state index contributed by atoms with van der Waals surface area (Å²) in [7, 11) is -1.27. The van der Waals surface area contributed by atoms with Crippen LogP contribution in [0.3, 0.4) is 0 Å². The van der Waals surface area contributed by atoms with Gasteiger partial charge in [0.05, 0.1) is 0 Å². The number of rotatable bonds is 6. The Morgan fingerprint density at radius 1 is 1.12 bits per heavy atom. The smallest absolute Gasteiger partial charge is 0.331 e. The lowest BCUT2D eigenvalue weighted by molar-refractivity contribution is -0.135. The molecule has 0 fully saturated rings. The van der Waals surface area contributed by atoms with Crippen LogP contribution in [-0.4, -0.2) is 30.9 Å². The van der Waals surface area contributed by atoms with Crippen molar-refractivity contribution in [1.82, 2.24) is 0 Å². The summed E-state index contributed by atoms with van der Waals surface area (Å²) in [5.74, 6) is -2.29. The van der Waals surface area contributed by atoms with Crippen LogP contribution < -0.4 is 0 Å². The standard InChI is InChI=1S/C11H20O4Si/c1-7(2)16(8(3)4)6-9(11(14)15)5-10(12)13/h5,7-8,16H,6H2,1-4H3,(H,12,13)(H,14,15)/b9-5+. The molecule has 0 saturated heterocycles. The zero-order chi connectivity index (χ0) is 12.9. The van der Waals surface area contributed by atoms with Crippen molar-refractivity contribution in [2.24, 2.45) is 0 Å². The van der Waals surface area contributed by atoms with Gasteiger partial charge in [-0.3, -0.25) is 0 Å². The summed E-state index contributed by atoms with van der Waals surface area (Å²) in [5.41, 5.74) is 0.972. The molecule has 0 heterocycles. The zero-order valence-electron chi connectivity index (χ0n) is 10.2. The van der Waals surface area contributed by atoms with E-state index < -0.39 is 20.7 Å². The van der Waals surface area contributed by atoms with E-state index in [9.17, 15) is 9.59 Å². The summed E-state index contributed by atoms with van der Waals surface area (Å²) in [5, 5.41) is 17.5. The predicted octanol–water partition coefficient (Wildman–Crippen LogP) is 2.13. The second-order valence-corrected chi connectivity index (χ2v) is 9.07. The maximum atomic E-state index is 10.9. The third-order valence-corrected chi connectivity index (χ3v) is 7.08. The van der Waals surface area contributed by atoms with Gasteiger partial charge in [0, 0.05) is 20.4 Å². The average Bonchev–Trinajstić information content (AvgIpc) is 2.09. The molecule has 4 nitrogen and oxygen atoms in total. The van der Waals surface area contributed by atoms with Gasteiger partial charge < -0.3 is 10.2 Å². The Balaban J connectivity index is 4.86. The van der Waals surface area contributed by atoms with Crippen LogP contribution in [0.1, 0.15) is 27.7 Å². The highest BCUT2D eigenvalue weighted by Crippen LogP contribution is 2.26. The minimum Gasteiger partial charge on any atom is -0.478 e. The molecule has 0 unspecified atom stereocenters. The number of hydrogen-bond acceptors (Lipinski definition) is 2. The van der Waals surface area contributed by atoms with Crippen LogP contribution in [0.2, 0.25) is 17.1 Å². The van der Waals surface area contributed by atoms with Crippen molar-refractivity contribution >= 4 is 20.7 Å². The third kappa shape index (κ3) is 5.11. The molecule has 5 heteroatoms. The molecule has 92 valence electrons. The van der Waals surface area contributed by atoms with Crippen molar-refractivity contribution in [1.29, 1.82) is 0 Å². The lowest BCUT2D eigenvalue weighted by Crippen LogP contribution is -2.23. The predicted molar refractivity (Wildman–Crippen MR) is 65.5 cm³/mol. The quantitative estimate of drug-likeness (QED) is 0.554. The Morgan fingerprint density at radius 3 is 1.81 bits per heavy atom. The molecule has 0 aromatic heterocycles. The molecule has 0 rings (SSSR count). The summed E-state index contributed by atoms with van der Waals surface area (Å²) in [6.07, 6.45) is 0.826. The summed E-state index contributed by atoms with van der Waals surface area (Å²) in [6.45, 7) is 8.32. The second-order valence-electron chi connectivity index (χ2n) is 4.67. The van der Waals surface area contributed by atoms with Gasteiger partial charge in [-0.25, -0.2) is 9.59 Å². The highest BCUT2D eigenvalue weighted by Gasteiger charge is 2.23. The first-order valence-electron chi connectivity index (χ1n) is 5.42. The van der Waals surface area contributed by atoms with Gasteiger partial charge in [-0.1, -0.05) is 38.8 Å². The van der Waals surface area contributed by atoms with Crippen molar-refractivity contribution in [2.45, 2.75) is 44.8 Å². The van der Waals surface area contributed by atoms with Gasteiger partial charge in [-0.05, 0) is 6.04 Å². The van der Waals surface area contributed by atoms with Crippen LogP contribution in [0.25, 0.3) is 0 Å². The molecular formula is C11H20O4Si. The van der Waals surface area contributed by atoms with E-state index in [-0.39, 0.29) is 5.57 Å². The zero-order valence-corrected chi connectivity index (χ0v) is 11.4. The molecule has 0 bridgehead atoms. The van der Waals surface area contributed by atoms with Gasteiger partial charge in [-0.15, -0.1) is 0 Å². The van der Waals surface area contributed by atoms with Crippen LogP contribution in [-0.2, 0) is 9.59 Å². The third-order valence-electron chi connectivity index (χ3n) is 2.74. The van der Waals surface area contributed by atoms with Crippen molar-refractivity contribution in [3.8, 4) is 0 Å². The highest BCUT2D eigenvalue weighted by molar-refractivity contribution is 6.63. The van der Waals surface area contributed by atoms with Crippen molar-refractivity contribution in [2.75, 3.05) is 0 Å². The van der Waals surface area contributed by atoms with Crippen molar-refractivity contribution in [3.05, 3.63) is 11.6 Å². The van der Waals surface area contributed by atoms with Gasteiger partial charge in [-0.2, -0.15) is 0 Å². The van der Waals surface area contributed by atoms with Crippen LogP contribution in [0, 0.1) is 0 Å². The molecule has 0 aliphatic carbocycles. The molecule has 0 aromatic carbocycles. The molecule has 0 spiro atoms. The van der Waals surface area contributed by atoms with Crippen LogP contribution >= 0.6 is 0 Å². The van der Waals surface area contributed by atoms with E-state index in [1.54, 1.807) is 0 Å². The second kappa shape index (κ2) is 6.47. The Morgan fingerprint density at radius 2 is 1.56 bits per heavy atom. The van der Waals surface area contributed by atoms with Crippen LogP contribution in [0.5, 0.6) is 0 Å². The molecule has 0 saturated carbocycles. The van der Waals surface area contributed by atoms with Crippen molar-refractivity contribution < 1.29 is 19.8 Å². The first-order chi connectivity index (χ1) is 7.25. The van der Waals surface area contributed by atoms with E-state index in [0.717, 1.165) is 6.08 Å². The number of carbonyl (C=O) groups is 2. The molecule has 0 radical (unpaired) electrons. The number of hydrogen-bond donors (Lipinski definition) is 2. The minimum absolute atomic E-state index is 0.0339. The van der Waals surface area contributed by atoms with E-state index >= 15 is 0 Å². The maximum absolute atomic E-state index is 10.9. The lowest BCUT2D eigenvalue weighted by atomic mass is 10.3. The van der Waals surface area contributed by atoms with Gasteiger partial charge in [0.1, 0.15) is 0 Å².